The Morgan fingerprint density at radius 1 is 1.36 bits per heavy atom. The number of hydrogen-bond acceptors (Lipinski definition) is 1. The van der Waals surface area contributed by atoms with Crippen LogP contribution >= 0.6 is 0 Å². The fourth-order valence-electron chi connectivity index (χ4n) is 1.75. The fourth-order valence-corrected chi connectivity index (χ4v) is 1.75. The van der Waals surface area contributed by atoms with Gasteiger partial charge >= 0.3 is 0 Å². The van der Waals surface area contributed by atoms with E-state index in [1.165, 1.54) is 5.56 Å². The first-order valence-electron chi connectivity index (χ1n) is 4.70. The second kappa shape index (κ2) is 3.66. The quantitative estimate of drug-likeness (QED) is 0.675. The lowest BCUT2D eigenvalue weighted by molar-refractivity contribution is 0.549. The van der Waals surface area contributed by atoms with Crippen molar-refractivity contribution in [1.29, 1.82) is 0 Å². The van der Waals surface area contributed by atoms with Crippen LogP contribution in [-0.4, -0.2) is 11.0 Å². The summed E-state index contributed by atoms with van der Waals surface area (Å²) in [5.41, 5.74) is 2.17. The fraction of sp³-hybridized carbons (Fsp3) is 0.167. The first kappa shape index (κ1) is 9.00. The van der Waals surface area contributed by atoms with Crippen LogP contribution in [0.4, 0.5) is 0 Å². The molecule has 71 valence electrons. The van der Waals surface area contributed by atoms with Crippen LogP contribution in [0.2, 0.25) is 0 Å². The minimum absolute atomic E-state index is 0.842. The van der Waals surface area contributed by atoms with Crippen LogP contribution in [0.3, 0.4) is 0 Å². The lowest BCUT2D eigenvalue weighted by atomic mass is 10.1. The van der Waals surface area contributed by atoms with E-state index in [1.54, 1.807) is 4.57 Å². The number of fused-ring (bicyclic) bond motifs is 1. The minimum Gasteiger partial charge on any atom is -0.290 e. The van der Waals surface area contributed by atoms with Crippen molar-refractivity contribution in [3.8, 4) is 0 Å². The smallest absolute Gasteiger partial charge is 0.218 e. The normalized spacial score (nSPS) is 10.6. The maximum Gasteiger partial charge on any atom is 0.218 e. The molecule has 1 heterocycles. The summed E-state index contributed by atoms with van der Waals surface area (Å²) in [4.78, 5) is 10.8. The first-order valence-corrected chi connectivity index (χ1v) is 4.70. The highest BCUT2D eigenvalue weighted by Gasteiger charge is 2.05. The number of aryl methyl sites for hydroxylation is 1. The lowest BCUT2D eigenvalue weighted by Crippen LogP contribution is -1.90. The van der Waals surface area contributed by atoms with Crippen LogP contribution in [0.1, 0.15) is 12.0 Å². The van der Waals surface area contributed by atoms with Gasteiger partial charge in [0.15, 0.2) is 0 Å². The molecule has 2 nitrogen and oxygen atoms in total. The molecule has 2 aromatic rings. The molecule has 0 fully saturated rings. The monoisotopic (exact) mass is 186 g/mol. The number of carbonyl (C=O) groups is 1. The first-order chi connectivity index (χ1) is 6.86. The van der Waals surface area contributed by atoms with Gasteiger partial charge in [-0.15, -0.1) is 0 Å². The number of aromatic nitrogens is 1. The number of para-hydroxylation sites is 1. The molecule has 0 atom stereocenters. The summed E-state index contributed by atoms with van der Waals surface area (Å²) in [5, 5.41) is 1.16. The van der Waals surface area contributed by atoms with Gasteiger partial charge in [0, 0.05) is 11.6 Å². The molecule has 0 aliphatic rings. The molecule has 0 amide bonds. The Balaban J connectivity index is 2.66. The van der Waals surface area contributed by atoms with Gasteiger partial charge in [-0.05, 0) is 24.5 Å². The highest BCUT2D eigenvalue weighted by molar-refractivity contribution is 5.88. The van der Waals surface area contributed by atoms with E-state index in [0.29, 0.717) is 0 Å². The maximum atomic E-state index is 10.8. The summed E-state index contributed by atoms with van der Waals surface area (Å²) in [7, 11) is 0. The zero-order chi connectivity index (χ0) is 9.97. The molecule has 2 rings (SSSR count). The molecule has 0 unspecified atom stereocenters. The van der Waals surface area contributed by atoms with Crippen LogP contribution in [-0.2, 0) is 11.2 Å². The maximum absolute atomic E-state index is 10.8. The molecule has 0 aliphatic heterocycles. The molecule has 1 aromatic carbocycles. The predicted octanol–water partition coefficient (Wildman–Crippen LogP) is 2.45. The van der Waals surface area contributed by atoms with Gasteiger partial charge in [-0.3, -0.25) is 9.36 Å². The van der Waals surface area contributed by atoms with Crippen molar-refractivity contribution in [2.24, 2.45) is 0 Å². The van der Waals surface area contributed by atoms with E-state index in [1.807, 2.05) is 30.5 Å². The molecule has 0 saturated carbocycles. The summed E-state index contributed by atoms with van der Waals surface area (Å²) in [6.07, 6.45) is 4.51. The molecule has 14 heavy (non-hydrogen) atoms. The van der Waals surface area contributed by atoms with E-state index in [-0.39, 0.29) is 0 Å². The van der Waals surface area contributed by atoms with Crippen LogP contribution in [0, 0.1) is 6.92 Å². The van der Waals surface area contributed by atoms with Crippen molar-refractivity contribution in [3.63, 3.8) is 0 Å². The molecule has 0 spiro atoms. The van der Waals surface area contributed by atoms with Crippen molar-refractivity contribution < 1.29 is 4.79 Å². The predicted molar refractivity (Wildman–Crippen MR) is 57.8 cm³/mol. The van der Waals surface area contributed by atoms with Crippen molar-refractivity contribution in [2.45, 2.75) is 12.8 Å². The van der Waals surface area contributed by atoms with Gasteiger partial charge in [-0.2, -0.15) is 0 Å². The third-order valence-corrected chi connectivity index (χ3v) is 2.38. The number of hydrogen-bond donors (Lipinski definition) is 0. The third-order valence-electron chi connectivity index (χ3n) is 2.38. The van der Waals surface area contributed by atoms with Crippen molar-refractivity contribution in [2.75, 3.05) is 0 Å². The third kappa shape index (κ3) is 1.33. The molecule has 0 aliphatic carbocycles. The Bertz CT molecular complexity index is 456. The van der Waals surface area contributed by atoms with E-state index in [2.05, 4.69) is 6.92 Å². The molecular weight excluding hydrogens is 174 g/mol. The van der Waals surface area contributed by atoms with Gasteiger partial charge < -0.3 is 0 Å². The van der Waals surface area contributed by atoms with Crippen LogP contribution < -0.4 is 0 Å². The van der Waals surface area contributed by atoms with Gasteiger partial charge in [-0.1, -0.05) is 25.1 Å². The highest BCUT2D eigenvalue weighted by atomic mass is 16.1. The zero-order valence-electron chi connectivity index (χ0n) is 7.94. The molecule has 0 N–H and O–H groups in total. The number of benzene rings is 1. The molecule has 1 radical (unpaired) electrons. The average Bonchev–Trinajstić information content (AvgIpc) is 2.58. The highest BCUT2D eigenvalue weighted by Crippen LogP contribution is 2.21. The van der Waals surface area contributed by atoms with E-state index >= 15 is 0 Å². The lowest BCUT2D eigenvalue weighted by Gasteiger charge is -1.94. The summed E-state index contributed by atoms with van der Waals surface area (Å²) < 4.78 is 1.63. The zero-order valence-corrected chi connectivity index (χ0v) is 7.94. The molecule has 0 bridgehead atoms. The Labute approximate surface area is 83.2 Å². The minimum atomic E-state index is 0.842. The Morgan fingerprint density at radius 2 is 2.14 bits per heavy atom. The molecule has 0 saturated heterocycles. The molecule has 1 aromatic heterocycles. The SMILES string of the molecule is [CH2]CCc1cn(C=O)c2ccccc12. The van der Waals surface area contributed by atoms with Gasteiger partial charge in [0.2, 0.25) is 6.41 Å². The Hall–Kier alpha value is -1.57. The summed E-state index contributed by atoms with van der Waals surface area (Å²) in [6.45, 7) is 3.83. The van der Waals surface area contributed by atoms with Gasteiger partial charge in [-0.25, -0.2) is 0 Å². The number of rotatable bonds is 3. The van der Waals surface area contributed by atoms with Crippen LogP contribution in [0.25, 0.3) is 10.9 Å². The van der Waals surface area contributed by atoms with Crippen LogP contribution in [0.15, 0.2) is 30.5 Å². The van der Waals surface area contributed by atoms with E-state index in [4.69, 9.17) is 0 Å². The topological polar surface area (TPSA) is 22.0 Å². The van der Waals surface area contributed by atoms with Gasteiger partial charge in [0.25, 0.3) is 0 Å². The van der Waals surface area contributed by atoms with E-state index in [9.17, 15) is 4.79 Å². The van der Waals surface area contributed by atoms with Gasteiger partial charge in [0.05, 0.1) is 5.52 Å². The summed E-state index contributed by atoms with van der Waals surface area (Å²) in [6, 6.07) is 7.93. The Morgan fingerprint density at radius 3 is 2.86 bits per heavy atom. The van der Waals surface area contributed by atoms with E-state index in [0.717, 1.165) is 30.2 Å². The largest absolute Gasteiger partial charge is 0.290 e. The summed E-state index contributed by atoms with van der Waals surface area (Å²) in [5.74, 6) is 0. The van der Waals surface area contributed by atoms with Crippen LogP contribution in [0.5, 0.6) is 0 Å². The molecule has 2 heteroatoms. The molecular formula is C12H12NO. The number of nitrogens with zero attached hydrogens (tertiary/aromatic N) is 1. The van der Waals surface area contributed by atoms with Crippen molar-refractivity contribution >= 4 is 17.3 Å². The van der Waals surface area contributed by atoms with Crippen molar-refractivity contribution in [3.05, 3.63) is 42.9 Å². The average molecular weight is 186 g/mol. The Kier molecular flexibility index (Phi) is 2.35. The summed E-state index contributed by atoms with van der Waals surface area (Å²) >= 11 is 0. The van der Waals surface area contributed by atoms with Crippen molar-refractivity contribution in [1.82, 2.24) is 4.57 Å². The second-order valence-electron chi connectivity index (χ2n) is 3.29. The second-order valence-corrected chi connectivity index (χ2v) is 3.29. The van der Waals surface area contributed by atoms with Gasteiger partial charge in [0.1, 0.15) is 0 Å². The van der Waals surface area contributed by atoms with E-state index < -0.39 is 0 Å². The number of carbonyl (C=O) groups excluding carboxylic acids is 1. The standard InChI is InChI=1S/C12H12NO/c1-2-5-10-8-13(9-14)12-7-4-3-6-11(10)12/h3-4,6-9H,1-2,5H2.